The standard InChI is InChI=1S/C13H19BrF3N3/c1-12(2,8-20(3)4)7-19-11-10(13(15,16)17)5-9(14)6-18-11/h5-6H,7-8H2,1-4H3,(H,18,19). The van der Waals surface area contributed by atoms with E-state index in [1.165, 1.54) is 6.20 Å². The lowest BCUT2D eigenvalue weighted by Gasteiger charge is -2.29. The highest BCUT2D eigenvalue weighted by molar-refractivity contribution is 9.10. The number of halogens is 4. The second-order valence-corrected chi connectivity index (χ2v) is 6.72. The van der Waals surface area contributed by atoms with E-state index in [2.05, 4.69) is 26.2 Å². The Kier molecular flexibility index (Phi) is 5.43. The lowest BCUT2D eigenvalue weighted by molar-refractivity contribution is -0.137. The molecule has 7 heteroatoms. The van der Waals surface area contributed by atoms with E-state index in [0.29, 0.717) is 11.0 Å². The Morgan fingerprint density at radius 3 is 2.40 bits per heavy atom. The zero-order chi connectivity index (χ0) is 15.6. The largest absolute Gasteiger partial charge is 0.419 e. The molecule has 0 amide bonds. The molecule has 0 fully saturated rings. The number of nitrogens with one attached hydrogen (secondary N) is 1. The van der Waals surface area contributed by atoms with Crippen LogP contribution in [0.3, 0.4) is 0 Å². The van der Waals surface area contributed by atoms with Crippen molar-refractivity contribution in [3.05, 3.63) is 22.3 Å². The first-order chi connectivity index (χ1) is 9.01. The van der Waals surface area contributed by atoms with Crippen molar-refractivity contribution < 1.29 is 13.2 Å². The molecule has 114 valence electrons. The normalized spacial score (nSPS) is 12.8. The van der Waals surface area contributed by atoms with Gasteiger partial charge in [-0.2, -0.15) is 13.2 Å². The number of rotatable bonds is 5. The third-order valence-corrected chi connectivity index (χ3v) is 3.07. The SMILES string of the molecule is CN(C)CC(C)(C)CNc1ncc(Br)cc1C(F)(F)F. The van der Waals surface area contributed by atoms with Crippen molar-refractivity contribution in [2.45, 2.75) is 20.0 Å². The molecular weight excluding hydrogens is 335 g/mol. The Morgan fingerprint density at radius 2 is 1.90 bits per heavy atom. The first-order valence-corrected chi connectivity index (χ1v) is 6.92. The second-order valence-electron chi connectivity index (χ2n) is 5.80. The third kappa shape index (κ3) is 5.28. The van der Waals surface area contributed by atoms with Crippen molar-refractivity contribution in [2.24, 2.45) is 5.41 Å². The van der Waals surface area contributed by atoms with E-state index in [0.717, 1.165) is 12.6 Å². The van der Waals surface area contributed by atoms with Crippen LogP contribution in [0.5, 0.6) is 0 Å². The summed E-state index contributed by atoms with van der Waals surface area (Å²) in [6.45, 7) is 5.15. The van der Waals surface area contributed by atoms with Crippen LogP contribution in [0.4, 0.5) is 19.0 Å². The Hall–Kier alpha value is -0.820. The number of aromatic nitrogens is 1. The van der Waals surface area contributed by atoms with Crippen LogP contribution in [-0.2, 0) is 6.18 Å². The number of pyridine rings is 1. The molecule has 1 heterocycles. The summed E-state index contributed by atoms with van der Waals surface area (Å²) < 4.78 is 39.2. The minimum atomic E-state index is -4.43. The van der Waals surface area contributed by atoms with E-state index < -0.39 is 11.7 Å². The average Bonchev–Trinajstić information content (AvgIpc) is 2.24. The van der Waals surface area contributed by atoms with Gasteiger partial charge in [0.25, 0.3) is 0 Å². The molecular formula is C13H19BrF3N3. The molecule has 1 N–H and O–H groups in total. The number of hydrogen-bond donors (Lipinski definition) is 1. The fourth-order valence-electron chi connectivity index (χ4n) is 2.03. The van der Waals surface area contributed by atoms with Gasteiger partial charge in [-0.15, -0.1) is 0 Å². The quantitative estimate of drug-likeness (QED) is 0.870. The van der Waals surface area contributed by atoms with Crippen LogP contribution in [0.2, 0.25) is 0 Å². The first-order valence-electron chi connectivity index (χ1n) is 6.13. The number of alkyl halides is 3. The van der Waals surface area contributed by atoms with Gasteiger partial charge < -0.3 is 10.2 Å². The molecule has 3 nitrogen and oxygen atoms in total. The Labute approximate surface area is 125 Å². The zero-order valence-electron chi connectivity index (χ0n) is 12.0. The zero-order valence-corrected chi connectivity index (χ0v) is 13.6. The molecule has 1 aromatic heterocycles. The van der Waals surface area contributed by atoms with E-state index in [1.54, 1.807) is 0 Å². The van der Waals surface area contributed by atoms with E-state index in [4.69, 9.17) is 0 Å². The average molecular weight is 354 g/mol. The highest BCUT2D eigenvalue weighted by atomic mass is 79.9. The Bertz CT molecular complexity index is 459. The van der Waals surface area contributed by atoms with Gasteiger partial charge in [0.15, 0.2) is 0 Å². The van der Waals surface area contributed by atoms with Gasteiger partial charge in [-0.1, -0.05) is 13.8 Å². The highest BCUT2D eigenvalue weighted by Crippen LogP contribution is 2.35. The summed E-state index contributed by atoms with van der Waals surface area (Å²) in [7, 11) is 3.86. The minimum Gasteiger partial charge on any atom is -0.369 e. The van der Waals surface area contributed by atoms with Crippen LogP contribution in [0.25, 0.3) is 0 Å². The highest BCUT2D eigenvalue weighted by Gasteiger charge is 2.35. The van der Waals surface area contributed by atoms with Gasteiger partial charge in [0.05, 0.1) is 5.56 Å². The van der Waals surface area contributed by atoms with Gasteiger partial charge in [0.2, 0.25) is 0 Å². The van der Waals surface area contributed by atoms with E-state index in [1.807, 2.05) is 32.8 Å². The first kappa shape index (κ1) is 17.2. The summed E-state index contributed by atoms with van der Waals surface area (Å²) in [5.74, 6) is -0.132. The summed E-state index contributed by atoms with van der Waals surface area (Å²) in [6.07, 6.45) is -3.07. The smallest absolute Gasteiger partial charge is 0.369 e. The summed E-state index contributed by atoms with van der Waals surface area (Å²) in [4.78, 5) is 5.84. The molecule has 0 aliphatic rings. The number of anilines is 1. The van der Waals surface area contributed by atoms with Gasteiger partial charge in [-0.05, 0) is 41.5 Å². The summed E-state index contributed by atoms with van der Waals surface area (Å²) in [5, 5.41) is 2.81. The van der Waals surface area contributed by atoms with Crippen LogP contribution in [-0.4, -0.2) is 37.1 Å². The maximum Gasteiger partial charge on any atom is 0.419 e. The second kappa shape index (κ2) is 6.30. The van der Waals surface area contributed by atoms with E-state index in [-0.39, 0.29) is 11.2 Å². The predicted octanol–water partition coefficient (Wildman–Crippen LogP) is 3.86. The van der Waals surface area contributed by atoms with Crippen LogP contribution < -0.4 is 5.32 Å². The van der Waals surface area contributed by atoms with E-state index >= 15 is 0 Å². The predicted molar refractivity (Wildman–Crippen MR) is 77.8 cm³/mol. The molecule has 0 atom stereocenters. The van der Waals surface area contributed by atoms with Crippen molar-refractivity contribution in [3.8, 4) is 0 Å². The molecule has 0 saturated heterocycles. The molecule has 0 aliphatic heterocycles. The van der Waals surface area contributed by atoms with Crippen LogP contribution >= 0.6 is 15.9 Å². The van der Waals surface area contributed by atoms with Crippen LogP contribution in [0.1, 0.15) is 19.4 Å². The summed E-state index contributed by atoms with van der Waals surface area (Å²) >= 11 is 3.02. The van der Waals surface area contributed by atoms with Gasteiger partial charge in [-0.3, -0.25) is 0 Å². The summed E-state index contributed by atoms with van der Waals surface area (Å²) in [6, 6.07) is 1.04. The van der Waals surface area contributed by atoms with Crippen molar-refractivity contribution in [1.82, 2.24) is 9.88 Å². The van der Waals surface area contributed by atoms with E-state index in [9.17, 15) is 13.2 Å². The Morgan fingerprint density at radius 1 is 1.30 bits per heavy atom. The molecule has 0 radical (unpaired) electrons. The molecule has 0 bridgehead atoms. The number of hydrogen-bond acceptors (Lipinski definition) is 3. The maximum atomic E-state index is 12.9. The molecule has 0 saturated carbocycles. The maximum absolute atomic E-state index is 12.9. The van der Waals surface area contributed by atoms with Gasteiger partial charge >= 0.3 is 6.18 Å². The Balaban J connectivity index is 2.88. The van der Waals surface area contributed by atoms with Crippen molar-refractivity contribution in [2.75, 3.05) is 32.5 Å². The fourth-order valence-corrected chi connectivity index (χ4v) is 2.36. The van der Waals surface area contributed by atoms with Crippen molar-refractivity contribution in [3.63, 3.8) is 0 Å². The van der Waals surface area contributed by atoms with Gasteiger partial charge in [0.1, 0.15) is 5.82 Å². The van der Waals surface area contributed by atoms with Crippen molar-refractivity contribution in [1.29, 1.82) is 0 Å². The molecule has 1 rings (SSSR count). The van der Waals surface area contributed by atoms with Crippen LogP contribution in [0, 0.1) is 5.41 Å². The minimum absolute atomic E-state index is 0.132. The van der Waals surface area contributed by atoms with Crippen LogP contribution in [0.15, 0.2) is 16.7 Å². The van der Waals surface area contributed by atoms with Gasteiger partial charge in [0, 0.05) is 23.8 Å². The lowest BCUT2D eigenvalue weighted by Crippen LogP contribution is -2.34. The fraction of sp³-hybridized carbons (Fsp3) is 0.615. The molecule has 20 heavy (non-hydrogen) atoms. The van der Waals surface area contributed by atoms with Gasteiger partial charge in [-0.25, -0.2) is 4.98 Å². The topological polar surface area (TPSA) is 28.2 Å². The molecule has 0 spiro atoms. The summed E-state index contributed by atoms with van der Waals surface area (Å²) in [5.41, 5.74) is -0.922. The monoisotopic (exact) mass is 353 g/mol. The molecule has 1 aromatic rings. The third-order valence-electron chi connectivity index (χ3n) is 2.64. The van der Waals surface area contributed by atoms with Crippen molar-refractivity contribution >= 4 is 21.7 Å². The number of nitrogens with zero attached hydrogens (tertiary/aromatic N) is 2. The molecule has 0 aliphatic carbocycles. The lowest BCUT2D eigenvalue weighted by atomic mass is 9.93. The molecule has 0 aromatic carbocycles. The molecule has 0 unspecified atom stereocenters.